The molecule has 0 saturated carbocycles. The number of hydrogen-bond donors (Lipinski definition) is 1. The summed E-state index contributed by atoms with van der Waals surface area (Å²) in [5, 5.41) is 0. The van der Waals surface area contributed by atoms with E-state index in [-0.39, 0.29) is 0 Å². The zero-order valence-electron chi connectivity index (χ0n) is 8.25. The molecule has 0 unspecified atom stereocenters. The maximum Gasteiger partial charge on any atom is 0.163 e. The fraction of sp³-hybridized carbons (Fsp3) is 0.417. The van der Waals surface area contributed by atoms with E-state index in [0.717, 1.165) is 30.4 Å². The van der Waals surface area contributed by atoms with E-state index < -0.39 is 0 Å². The summed E-state index contributed by atoms with van der Waals surface area (Å²) in [6.45, 7) is 0.615. The molecular weight excluding hydrogens is 174 g/mol. The lowest BCUT2D eigenvalue weighted by Gasteiger charge is -2.17. The van der Waals surface area contributed by atoms with Crippen LogP contribution in [0.4, 0.5) is 0 Å². The first-order valence-electron chi connectivity index (χ1n) is 5.17. The van der Waals surface area contributed by atoms with Crippen molar-refractivity contribution in [1.82, 2.24) is 0 Å². The summed E-state index contributed by atoms with van der Waals surface area (Å²) in [6, 6.07) is 6.11. The first kappa shape index (κ1) is 9.41. The first-order chi connectivity index (χ1) is 6.83. The molecule has 0 radical (unpaired) electrons. The van der Waals surface area contributed by atoms with Crippen LogP contribution in [-0.4, -0.2) is 12.3 Å². The van der Waals surface area contributed by atoms with Crippen LogP contribution in [0.3, 0.4) is 0 Å². The molecule has 14 heavy (non-hydrogen) atoms. The second kappa shape index (κ2) is 3.93. The largest absolute Gasteiger partial charge is 0.330 e. The number of carbonyl (C=O) groups is 1. The van der Waals surface area contributed by atoms with E-state index in [1.165, 1.54) is 5.56 Å². The fourth-order valence-corrected chi connectivity index (χ4v) is 2.15. The van der Waals surface area contributed by atoms with E-state index >= 15 is 0 Å². The lowest BCUT2D eigenvalue weighted by Crippen LogP contribution is -2.15. The molecule has 0 fully saturated rings. The number of ketones is 1. The third-order valence-corrected chi connectivity index (χ3v) is 2.78. The van der Waals surface area contributed by atoms with Gasteiger partial charge in [-0.15, -0.1) is 0 Å². The van der Waals surface area contributed by atoms with Gasteiger partial charge in [0.1, 0.15) is 0 Å². The number of hydrogen-bond acceptors (Lipinski definition) is 2. The second-order valence-electron chi connectivity index (χ2n) is 3.77. The molecule has 2 rings (SSSR count). The molecule has 0 amide bonds. The SMILES string of the molecule is NCCc1cccc2c1C(=O)CCC2. The molecular formula is C12H15NO. The van der Waals surface area contributed by atoms with Gasteiger partial charge in [-0.2, -0.15) is 0 Å². The summed E-state index contributed by atoms with van der Waals surface area (Å²) in [4.78, 5) is 11.7. The standard InChI is InChI=1S/C12H15NO/c13-8-7-10-4-1-3-9-5-2-6-11(14)12(9)10/h1,3-4H,2,5-8,13H2. The Hall–Kier alpha value is -1.15. The smallest absolute Gasteiger partial charge is 0.163 e. The van der Waals surface area contributed by atoms with Crippen LogP contribution in [0.5, 0.6) is 0 Å². The van der Waals surface area contributed by atoms with E-state index in [0.29, 0.717) is 18.7 Å². The summed E-state index contributed by atoms with van der Waals surface area (Å²) >= 11 is 0. The predicted octanol–water partition coefficient (Wildman–Crippen LogP) is 1.71. The molecule has 2 nitrogen and oxygen atoms in total. The lowest BCUT2D eigenvalue weighted by molar-refractivity contribution is 0.0971. The monoisotopic (exact) mass is 189 g/mol. The van der Waals surface area contributed by atoms with Gasteiger partial charge in [-0.05, 0) is 36.9 Å². The Morgan fingerprint density at radius 2 is 2.14 bits per heavy atom. The van der Waals surface area contributed by atoms with Gasteiger partial charge in [-0.25, -0.2) is 0 Å². The highest BCUT2D eigenvalue weighted by Gasteiger charge is 2.19. The van der Waals surface area contributed by atoms with Crippen molar-refractivity contribution in [2.45, 2.75) is 25.7 Å². The molecule has 2 N–H and O–H groups in total. The van der Waals surface area contributed by atoms with E-state index in [9.17, 15) is 4.79 Å². The number of rotatable bonds is 2. The van der Waals surface area contributed by atoms with Gasteiger partial charge >= 0.3 is 0 Å². The summed E-state index contributed by atoms with van der Waals surface area (Å²) in [5.74, 6) is 0.301. The Morgan fingerprint density at radius 3 is 2.93 bits per heavy atom. The van der Waals surface area contributed by atoms with Gasteiger partial charge in [0.25, 0.3) is 0 Å². The molecule has 0 bridgehead atoms. The van der Waals surface area contributed by atoms with E-state index in [2.05, 4.69) is 6.07 Å². The average molecular weight is 189 g/mol. The van der Waals surface area contributed by atoms with Gasteiger partial charge in [0, 0.05) is 12.0 Å². The second-order valence-corrected chi connectivity index (χ2v) is 3.77. The minimum Gasteiger partial charge on any atom is -0.330 e. The van der Waals surface area contributed by atoms with Crippen molar-refractivity contribution in [3.63, 3.8) is 0 Å². The average Bonchev–Trinajstić information content (AvgIpc) is 2.19. The highest BCUT2D eigenvalue weighted by Crippen LogP contribution is 2.24. The Balaban J connectivity index is 2.46. The van der Waals surface area contributed by atoms with Gasteiger partial charge in [-0.1, -0.05) is 18.2 Å². The number of fused-ring (bicyclic) bond motifs is 1. The normalized spacial score (nSPS) is 15.4. The van der Waals surface area contributed by atoms with Crippen molar-refractivity contribution >= 4 is 5.78 Å². The molecule has 2 heteroatoms. The third kappa shape index (κ3) is 1.58. The fourth-order valence-electron chi connectivity index (χ4n) is 2.15. The van der Waals surface area contributed by atoms with Gasteiger partial charge in [0.2, 0.25) is 0 Å². The van der Waals surface area contributed by atoms with Gasteiger partial charge < -0.3 is 5.73 Å². The number of carbonyl (C=O) groups excluding carboxylic acids is 1. The van der Waals surface area contributed by atoms with Crippen molar-refractivity contribution in [2.75, 3.05) is 6.54 Å². The topological polar surface area (TPSA) is 43.1 Å². The quantitative estimate of drug-likeness (QED) is 0.769. The van der Waals surface area contributed by atoms with Crippen LogP contribution in [0.25, 0.3) is 0 Å². The maximum absolute atomic E-state index is 11.7. The van der Waals surface area contributed by atoms with Crippen LogP contribution in [-0.2, 0) is 12.8 Å². The zero-order chi connectivity index (χ0) is 9.97. The van der Waals surface area contributed by atoms with Crippen molar-refractivity contribution in [2.24, 2.45) is 5.73 Å². The number of benzene rings is 1. The van der Waals surface area contributed by atoms with Crippen LogP contribution in [0.15, 0.2) is 18.2 Å². The third-order valence-electron chi connectivity index (χ3n) is 2.78. The molecule has 74 valence electrons. The Labute approximate surface area is 84.1 Å². The lowest BCUT2D eigenvalue weighted by atomic mass is 9.86. The van der Waals surface area contributed by atoms with Crippen molar-refractivity contribution in [3.8, 4) is 0 Å². The molecule has 0 heterocycles. The molecule has 0 aliphatic heterocycles. The van der Waals surface area contributed by atoms with E-state index in [4.69, 9.17) is 5.73 Å². The van der Waals surface area contributed by atoms with E-state index in [1.807, 2.05) is 12.1 Å². The number of aryl methyl sites for hydroxylation is 1. The highest BCUT2D eigenvalue weighted by atomic mass is 16.1. The summed E-state index contributed by atoms with van der Waals surface area (Å²) in [7, 11) is 0. The van der Waals surface area contributed by atoms with Crippen LogP contribution < -0.4 is 5.73 Å². The highest BCUT2D eigenvalue weighted by molar-refractivity contribution is 5.99. The Morgan fingerprint density at radius 1 is 1.29 bits per heavy atom. The van der Waals surface area contributed by atoms with Crippen molar-refractivity contribution < 1.29 is 4.79 Å². The molecule has 0 saturated heterocycles. The zero-order valence-corrected chi connectivity index (χ0v) is 8.25. The molecule has 0 atom stereocenters. The number of Topliss-reactive ketones (excluding diaryl/α,β-unsaturated/α-hetero) is 1. The van der Waals surface area contributed by atoms with Crippen LogP contribution in [0, 0.1) is 0 Å². The molecule has 1 aromatic rings. The summed E-state index contributed by atoms with van der Waals surface area (Å²) in [5.41, 5.74) is 8.84. The molecule has 1 aliphatic rings. The van der Waals surface area contributed by atoms with Crippen LogP contribution >= 0.6 is 0 Å². The minimum absolute atomic E-state index is 0.301. The molecule has 1 aromatic carbocycles. The Kier molecular flexibility index (Phi) is 2.64. The van der Waals surface area contributed by atoms with Gasteiger partial charge in [0.05, 0.1) is 0 Å². The maximum atomic E-state index is 11.7. The first-order valence-corrected chi connectivity index (χ1v) is 5.17. The van der Waals surface area contributed by atoms with E-state index in [1.54, 1.807) is 0 Å². The summed E-state index contributed by atoms with van der Waals surface area (Å²) < 4.78 is 0. The Bertz CT molecular complexity index is 357. The molecule has 1 aliphatic carbocycles. The van der Waals surface area contributed by atoms with Crippen LogP contribution in [0.2, 0.25) is 0 Å². The minimum atomic E-state index is 0.301. The van der Waals surface area contributed by atoms with Gasteiger partial charge in [0.15, 0.2) is 5.78 Å². The van der Waals surface area contributed by atoms with Gasteiger partial charge in [-0.3, -0.25) is 4.79 Å². The molecule has 0 spiro atoms. The summed E-state index contributed by atoms with van der Waals surface area (Å²) in [6.07, 6.45) is 3.56. The van der Waals surface area contributed by atoms with Crippen molar-refractivity contribution in [3.05, 3.63) is 34.9 Å². The predicted molar refractivity (Wildman–Crippen MR) is 56.5 cm³/mol. The van der Waals surface area contributed by atoms with Crippen molar-refractivity contribution in [1.29, 1.82) is 0 Å². The molecule has 0 aromatic heterocycles. The van der Waals surface area contributed by atoms with Crippen LogP contribution in [0.1, 0.15) is 34.3 Å². The number of nitrogens with two attached hydrogens (primary N) is 1.